The van der Waals surface area contributed by atoms with Crippen LogP contribution < -0.4 is 11.5 Å². The lowest BCUT2D eigenvalue weighted by Crippen LogP contribution is -2.56. The fourth-order valence-electron chi connectivity index (χ4n) is 2.76. The number of hydrogen-bond donors (Lipinski definition) is 2. The summed E-state index contributed by atoms with van der Waals surface area (Å²) < 4.78 is 18.5. The average Bonchev–Trinajstić information content (AvgIpc) is 2.49. The monoisotopic (exact) mass is 295 g/mol. The molecule has 6 heteroatoms. The second kappa shape index (κ2) is 6.98. The Bertz CT molecular complexity index is 480. The fraction of sp³-hybridized carbons (Fsp3) is 0.533. The van der Waals surface area contributed by atoms with Crippen LogP contribution in [-0.2, 0) is 9.53 Å². The Morgan fingerprint density at radius 1 is 1.48 bits per heavy atom. The molecule has 116 valence electrons. The van der Waals surface area contributed by atoms with Crippen LogP contribution in [-0.4, -0.2) is 42.6 Å². The Balaban J connectivity index is 2.34. The summed E-state index contributed by atoms with van der Waals surface area (Å²) >= 11 is 0. The van der Waals surface area contributed by atoms with Crippen molar-refractivity contribution in [1.82, 2.24) is 4.90 Å². The molecule has 1 aromatic rings. The van der Waals surface area contributed by atoms with Gasteiger partial charge in [0.15, 0.2) is 0 Å². The summed E-state index contributed by atoms with van der Waals surface area (Å²) in [5.41, 5.74) is 12.6. The van der Waals surface area contributed by atoms with Crippen molar-refractivity contribution in [3.63, 3.8) is 0 Å². The zero-order valence-electron chi connectivity index (χ0n) is 12.2. The Kier molecular flexibility index (Phi) is 5.27. The van der Waals surface area contributed by atoms with E-state index in [1.807, 2.05) is 11.8 Å². The van der Waals surface area contributed by atoms with E-state index in [9.17, 15) is 9.18 Å². The number of carbonyl (C=O) groups is 1. The van der Waals surface area contributed by atoms with E-state index in [1.165, 1.54) is 12.1 Å². The lowest BCUT2D eigenvalue weighted by molar-refractivity contribution is -0.132. The number of carbonyl (C=O) groups excluding carboxylic acids is 1. The van der Waals surface area contributed by atoms with Crippen LogP contribution in [0.5, 0.6) is 0 Å². The number of primary amides is 1. The topological polar surface area (TPSA) is 81.6 Å². The summed E-state index contributed by atoms with van der Waals surface area (Å²) in [6, 6.07) is 5.37. The molecule has 0 spiro atoms. The molecule has 5 nitrogen and oxygen atoms in total. The highest BCUT2D eigenvalue weighted by atomic mass is 19.1. The van der Waals surface area contributed by atoms with Crippen LogP contribution in [0.3, 0.4) is 0 Å². The highest BCUT2D eigenvalue weighted by molar-refractivity contribution is 5.80. The van der Waals surface area contributed by atoms with Crippen LogP contribution in [0.2, 0.25) is 0 Å². The van der Waals surface area contributed by atoms with Crippen molar-refractivity contribution in [2.24, 2.45) is 11.5 Å². The predicted molar refractivity (Wildman–Crippen MR) is 77.9 cm³/mol. The molecule has 0 saturated carbocycles. The third-order valence-corrected chi connectivity index (χ3v) is 3.94. The van der Waals surface area contributed by atoms with Gasteiger partial charge in [0.1, 0.15) is 11.9 Å². The van der Waals surface area contributed by atoms with Gasteiger partial charge >= 0.3 is 0 Å². The summed E-state index contributed by atoms with van der Waals surface area (Å²) in [5.74, 6) is -0.721. The number of ether oxygens (including phenoxy) is 1. The van der Waals surface area contributed by atoms with Gasteiger partial charge in [-0.3, -0.25) is 9.69 Å². The number of nitrogens with zero attached hydrogens (tertiary/aromatic N) is 1. The van der Waals surface area contributed by atoms with Gasteiger partial charge in [-0.1, -0.05) is 19.1 Å². The van der Waals surface area contributed by atoms with Gasteiger partial charge in [0.25, 0.3) is 0 Å². The number of halogens is 1. The van der Waals surface area contributed by atoms with Gasteiger partial charge in [-0.05, 0) is 24.1 Å². The molecule has 1 fully saturated rings. The second-order valence-electron chi connectivity index (χ2n) is 5.30. The van der Waals surface area contributed by atoms with Crippen LogP contribution in [0.4, 0.5) is 4.39 Å². The zero-order valence-corrected chi connectivity index (χ0v) is 12.2. The van der Waals surface area contributed by atoms with Gasteiger partial charge in [-0.2, -0.15) is 0 Å². The van der Waals surface area contributed by atoms with Crippen molar-refractivity contribution in [2.75, 3.05) is 19.8 Å². The molecule has 0 aromatic heterocycles. The minimum absolute atomic E-state index is 0.171. The van der Waals surface area contributed by atoms with Gasteiger partial charge < -0.3 is 16.2 Å². The molecule has 0 bridgehead atoms. The Hall–Kier alpha value is -1.50. The van der Waals surface area contributed by atoms with Gasteiger partial charge in [-0.15, -0.1) is 0 Å². The zero-order chi connectivity index (χ0) is 15.4. The lowest BCUT2D eigenvalue weighted by atomic mass is 9.94. The highest BCUT2D eigenvalue weighted by Gasteiger charge is 2.36. The molecule has 3 atom stereocenters. The van der Waals surface area contributed by atoms with Crippen LogP contribution in [0.25, 0.3) is 0 Å². The second-order valence-corrected chi connectivity index (χ2v) is 5.30. The summed E-state index contributed by atoms with van der Waals surface area (Å²) in [6.07, 6.45) is 0.741. The Morgan fingerprint density at radius 2 is 2.14 bits per heavy atom. The first-order chi connectivity index (χ1) is 10.0. The quantitative estimate of drug-likeness (QED) is 0.841. The molecule has 4 N–H and O–H groups in total. The van der Waals surface area contributed by atoms with Crippen molar-refractivity contribution in [1.29, 1.82) is 0 Å². The highest BCUT2D eigenvalue weighted by Crippen LogP contribution is 2.28. The molecule has 1 heterocycles. The molecule has 3 unspecified atom stereocenters. The number of morpholine rings is 1. The first-order valence-electron chi connectivity index (χ1n) is 7.18. The van der Waals surface area contributed by atoms with E-state index in [-0.39, 0.29) is 24.5 Å². The SMILES string of the molecule is CCC(N)C(c1ccc(F)cc1)N1CCOCC1C(N)=O. The van der Waals surface area contributed by atoms with Crippen molar-refractivity contribution < 1.29 is 13.9 Å². The maximum Gasteiger partial charge on any atom is 0.237 e. The molecule has 1 aromatic carbocycles. The van der Waals surface area contributed by atoms with E-state index in [2.05, 4.69) is 0 Å². The molecule has 2 rings (SSSR count). The van der Waals surface area contributed by atoms with E-state index in [1.54, 1.807) is 12.1 Å². The first kappa shape index (κ1) is 15.9. The number of hydrogen-bond acceptors (Lipinski definition) is 4. The predicted octanol–water partition coefficient (Wildman–Crippen LogP) is 0.790. The molecule has 1 saturated heterocycles. The van der Waals surface area contributed by atoms with Crippen LogP contribution in [0, 0.1) is 5.82 Å². The van der Waals surface area contributed by atoms with E-state index >= 15 is 0 Å². The summed E-state index contributed by atoms with van der Waals surface area (Å²) in [4.78, 5) is 13.6. The average molecular weight is 295 g/mol. The normalized spacial score (nSPS) is 22.7. The number of rotatable bonds is 5. The molecular weight excluding hydrogens is 273 g/mol. The van der Waals surface area contributed by atoms with Gasteiger partial charge in [0, 0.05) is 12.6 Å². The van der Waals surface area contributed by atoms with Crippen LogP contribution in [0.15, 0.2) is 24.3 Å². The first-order valence-corrected chi connectivity index (χ1v) is 7.18. The standard InChI is InChI=1S/C15H22FN3O2/c1-2-12(17)14(10-3-5-11(16)6-4-10)19-7-8-21-9-13(19)15(18)20/h3-6,12-14H,2,7-9,17H2,1H3,(H2,18,20). The number of nitrogens with two attached hydrogens (primary N) is 2. The molecule has 1 aliphatic heterocycles. The van der Waals surface area contributed by atoms with Gasteiger partial charge in [0.05, 0.1) is 19.3 Å². The third-order valence-electron chi connectivity index (χ3n) is 3.94. The minimum atomic E-state index is -0.508. The molecular formula is C15H22FN3O2. The van der Waals surface area contributed by atoms with Gasteiger partial charge in [0.2, 0.25) is 5.91 Å². The molecule has 1 aliphatic rings. The van der Waals surface area contributed by atoms with Crippen molar-refractivity contribution in [3.8, 4) is 0 Å². The fourth-order valence-corrected chi connectivity index (χ4v) is 2.76. The summed E-state index contributed by atoms with van der Waals surface area (Å²) in [7, 11) is 0. The Morgan fingerprint density at radius 3 is 2.71 bits per heavy atom. The molecule has 0 aliphatic carbocycles. The molecule has 21 heavy (non-hydrogen) atoms. The summed E-state index contributed by atoms with van der Waals surface area (Å²) in [6.45, 7) is 3.35. The molecule has 0 radical (unpaired) electrons. The molecule has 1 amide bonds. The largest absolute Gasteiger partial charge is 0.378 e. The van der Waals surface area contributed by atoms with Gasteiger partial charge in [-0.25, -0.2) is 4.39 Å². The number of amides is 1. The van der Waals surface area contributed by atoms with E-state index < -0.39 is 11.9 Å². The van der Waals surface area contributed by atoms with Crippen molar-refractivity contribution in [3.05, 3.63) is 35.6 Å². The van der Waals surface area contributed by atoms with E-state index in [0.29, 0.717) is 13.2 Å². The number of benzene rings is 1. The maximum atomic E-state index is 13.1. The third kappa shape index (κ3) is 3.58. The van der Waals surface area contributed by atoms with Crippen LogP contribution >= 0.6 is 0 Å². The summed E-state index contributed by atoms with van der Waals surface area (Å²) in [5, 5.41) is 0. The maximum absolute atomic E-state index is 13.1. The smallest absolute Gasteiger partial charge is 0.237 e. The minimum Gasteiger partial charge on any atom is -0.378 e. The van der Waals surface area contributed by atoms with E-state index in [0.717, 1.165) is 12.0 Å². The lowest BCUT2D eigenvalue weighted by Gasteiger charge is -2.42. The van der Waals surface area contributed by atoms with Crippen molar-refractivity contribution >= 4 is 5.91 Å². The van der Waals surface area contributed by atoms with Crippen LogP contribution in [0.1, 0.15) is 24.9 Å². The van der Waals surface area contributed by atoms with E-state index in [4.69, 9.17) is 16.2 Å². The van der Waals surface area contributed by atoms with Crippen molar-refractivity contribution in [2.45, 2.75) is 31.5 Å². The Labute approximate surface area is 124 Å².